The fraction of sp³-hybridized carbons (Fsp3) is 0.294. The lowest BCUT2D eigenvalue weighted by Gasteiger charge is -2.14. The monoisotopic (exact) mass is 317 g/mol. The molecule has 0 spiro atoms. The number of hydrogen-bond acceptors (Lipinski definition) is 3. The standard InChI is InChI=1S/C17H20ClN3O/c1-12-3-4-16(15(18)11-12)21-17(22)7-10-20-13(2)14-5-8-19-9-6-14/h3-6,8-9,11,13,20H,7,10H2,1-2H3,(H,21,22). The molecule has 2 rings (SSSR count). The molecule has 4 nitrogen and oxygen atoms in total. The molecule has 1 heterocycles. The molecule has 2 N–H and O–H groups in total. The van der Waals surface area contributed by atoms with Gasteiger partial charge in [0.1, 0.15) is 0 Å². The fourth-order valence-corrected chi connectivity index (χ4v) is 2.39. The first-order chi connectivity index (χ1) is 10.6. The van der Waals surface area contributed by atoms with Gasteiger partial charge >= 0.3 is 0 Å². The minimum Gasteiger partial charge on any atom is -0.325 e. The molecular weight excluding hydrogens is 298 g/mol. The Kier molecular flexibility index (Phi) is 5.92. The zero-order valence-electron chi connectivity index (χ0n) is 12.8. The van der Waals surface area contributed by atoms with E-state index in [4.69, 9.17) is 11.6 Å². The molecule has 0 radical (unpaired) electrons. The van der Waals surface area contributed by atoms with Crippen molar-refractivity contribution in [2.45, 2.75) is 26.3 Å². The van der Waals surface area contributed by atoms with Crippen LogP contribution in [0.5, 0.6) is 0 Å². The number of halogens is 1. The topological polar surface area (TPSA) is 54.0 Å². The Morgan fingerprint density at radius 3 is 2.68 bits per heavy atom. The highest BCUT2D eigenvalue weighted by Crippen LogP contribution is 2.22. The van der Waals surface area contributed by atoms with Gasteiger partial charge < -0.3 is 10.6 Å². The van der Waals surface area contributed by atoms with E-state index in [1.54, 1.807) is 12.4 Å². The number of rotatable bonds is 6. The molecule has 0 saturated carbocycles. The van der Waals surface area contributed by atoms with Crippen LogP contribution in [-0.2, 0) is 4.79 Å². The zero-order chi connectivity index (χ0) is 15.9. The molecule has 0 bridgehead atoms. The smallest absolute Gasteiger partial charge is 0.225 e. The molecule has 0 aliphatic heterocycles. The largest absolute Gasteiger partial charge is 0.325 e. The number of nitrogens with zero attached hydrogens (tertiary/aromatic N) is 1. The third-order valence-corrected chi connectivity index (χ3v) is 3.72. The highest BCUT2D eigenvalue weighted by molar-refractivity contribution is 6.33. The highest BCUT2D eigenvalue weighted by Gasteiger charge is 2.08. The summed E-state index contributed by atoms with van der Waals surface area (Å²) in [6.45, 7) is 4.62. The second-order valence-corrected chi connectivity index (χ2v) is 5.65. The van der Waals surface area contributed by atoms with Gasteiger partial charge in [-0.3, -0.25) is 9.78 Å². The van der Waals surface area contributed by atoms with Gasteiger partial charge in [0.05, 0.1) is 10.7 Å². The number of carbonyl (C=O) groups is 1. The normalized spacial score (nSPS) is 12.0. The Bertz CT molecular complexity index is 631. The molecule has 1 atom stereocenters. The lowest BCUT2D eigenvalue weighted by atomic mass is 10.1. The Morgan fingerprint density at radius 2 is 2.00 bits per heavy atom. The molecule has 1 unspecified atom stereocenters. The van der Waals surface area contributed by atoms with Crippen molar-refractivity contribution in [1.29, 1.82) is 0 Å². The maximum atomic E-state index is 11.9. The van der Waals surface area contributed by atoms with Crippen LogP contribution in [0.2, 0.25) is 5.02 Å². The van der Waals surface area contributed by atoms with E-state index in [9.17, 15) is 4.79 Å². The Hall–Kier alpha value is -1.91. The molecular formula is C17H20ClN3O. The van der Waals surface area contributed by atoms with Crippen LogP contribution in [0.4, 0.5) is 5.69 Å². The number of carbonyl (C=O) groups excluding carboxylic acids is 1. The summed E-state index contributed by atoms with van der Waals surface area (Å²) in [5, 5.41) is 6.71. The first-order valence-corrected chi connectivity index (χ1v) is 7.63. The van der Waals surface area contributed by atoms with Crippen LogP contribution in [0.3, 0.4) is 0 Å². The number of aryl methyl sites for hydroxylation is 1. The van der Waals surface area contributed by atoms with Gasteiger partial charge in [-0.2, -0.15) is 0 Å². The average Bonchev–Trinajstić information content (AvgIpc) is 2.51. The van der Waals surface area contributed by atoms with Crippen LogP contribution in [0, 0.1) is 6.92 Å². The maximum absolute atomic E-state index is 11.9. The number of pyridine rings is 1. The van der Waals surface area contributed by atoms with Crippen molar-refractivity contribution in [2.75, 3.05) is 11.9 Å². The number of anilines is 1. The first kappa shape index (κ1) is 16.5. The van der Waals surface area contributed by atoms with Crippen LogP contribution in [-0.4, -0.2) is 17.4 Å². The SMILES string of the molecule is Cc1ccc(NC(=O)CCNC(C)c2ccncc2)c(Cl)c1. The molecule has 1 amide bonds. The van der Waals surface area contributed by atoms with Gasteiger partial charge in [0.25, 0.3) is 0 Å². The van der Waals surface area contributed by atoms with Crippen LogP contribution in [0.15, 0.2) is 42.7 Å². The lowest BCUT2D eigenvalue weighted by Crippen LogP contribution is -2.24. The molecule has 22 heavy (non-hydrogen) atoms. The summed E-state index contributed by atoms with van der Waals surface area (Å²) in [7, 11) is 0. The Balaban J connectivity index is 1.78. The van der Waals surface area contributed by atoms with Gasteiger partial charge in [0.2, 0.25) is 5.91 Å². The molecule has 1 aromatic carbocycles. The van der Waals surface area contributed by atoms with Crippen LogP contribution < -0.4 is 10.6 Å². The Labute approximate surface area is 135 Å². The van der Waals surface area contributed by atoms with Crippen molar-refractivity contribution in [2.24, 2.45) is 0 Å². The molecule has 0 saturated heterocycles. The van der Waals surface area contributed by atoms with E-state index in [1.165, 1.54) is 0 Å². The van der Waals surface area contributed by atoms with Gasteiger partial charge in [0.15, 0.2) is 0 Å². The van der Waals surface area contributed by atoms with Gasteiger partial charge in [0, 0.05) is 31.4 Å². The summed E-state index contributed by atoms with van der Waals surface area (Å²) < 4.78 is 0. The summed E-state index contributed by atoms with van der Waals surface area (Å²) in [5.74, 6) is -0.0554. The van der Waals surface area contributed by atoms with Crippen molar-refractivity contribution in [3.8, 4) is 0 Å². The average molecular weight is 318 g/mol. The van der Waals surface area contributed by atoms with E-state index < -0.39 is 0 Å². The van der Waals surface area contributed by atoms with Crippen LogP contribution in [0.25, 0.3) is 0 Å². The summed E-state index contributed by atoms with van der Waals surface area (Å²) in [6, 6.07) is 9.68. The van der Waals surface area contributed by atoms with E-state index in [0.29, 0.717) is 23.7 Å². The molecule has 1 aromatic heterocycles. The van der Waals surface area contributed by atoms with Gasteiger partial charge in [-0.1, -0.05) is 17.7 Å². The molecule has 5 heteroatoms. The second kappa shape index (κ2) is 7.92. The van der Waals surface area contributed by atoms with Crippen LogP contribution in [0.1, 0.15) is 30.5 Å². The summed E-state index contributed by atoms with van der Waals surface area (Å²) in [5.41, 5.74) is 2.87. The van der Waals surface area contributed by atoms with Crippen molar-refractivity contribution >= 4 is 23.2 Å². The predicted octanol–water partition coefficient (Wildman–Crippen LogP) is 3.72. The molecule has 0 aliphatic carbocycles. The first-order valence-electron chi connectivity index (χ1n) is 7.25. The third kappa shape index (κ3) is 4.83. The van der Waals surface area contributed by atoms with Crippen LogP contribution >= 0.6 is 11.6 Å². The van der Waals surface area contributed by atoms with Gasteiger partial charge in [-0.25, -0.2) is 0 Å². The lowest BCUT2D eigenvalue weighted by molar-refractivity contribution is -0.116. The quantitative estimate of drug-likeness (QED) is 0.853. The molecule has 0 aliphatic rings. The van der Waals surface area contributed by atoms with Crippen molar-refractivity contribution in [3.05, 3.63) is 58.9 Å². The van der Waals surface area contributed by atoms with Crippen molar-refractivity contribution < 1.29 is 4.79 Å². The molecule has 0 fully saturated rings. The second-order valence-electron chi connectivity index (χ2n) is 5.24. The summed E-state index contributed by atoms with van der Waals surface area (Å²) in [4.78, 5) is 15.9. The van der Waals surface area contributed by atoms with Gasteiger partial charge in [-0.15, -0.1) is 0 Å². The van der Waals surface area contributed by atoms with Crippen molar-refractivity contribution in [3.63, 3.8) is 0 Å². The van der Waals surface area contributed by atoms with E-state index in [1.807, 2.05) is 37.3 Å². The Morgan fingerprint density at radius 1 is 1.27 bits per heavy atom. The van der Waals surface area contributed by atoms with Gasteiger partial charge in [-0.05, 0) is 49.2 Å². The third-order valence-electron chi connectivity index (χ3n) is 3.41. The fourth-order valence-electron chi connectivity index (χ4n) is 2.11. The highest BCUT2D eigenvalue weighted by atomic mass is 35.5. The number of amides is 1. The molecule has 2 aromatic rings. The number of aromatic nitrogens is 1. The maximum Gasteiger partial charge on any atom is 0.225 e. The number of nitrogens with one attached hydrogen (secondary N) is 2. The minimum absolute atomic E-state index is 0.0554. The van der Waals surface area contributed by atoms with E-state index >= 15 is 0 Å². The summed E-state index contributed by atoms with van der Waals surface area (Å²) in [6.07, 6.45) is 3.92. The number of hydrogen-bond donors (Lipinski definition) is 2. The van der Waals surface area contributed by atoms with Crippen molar-refractivity contribution in [1.82, 2.24) is 10.3 Å². The predicted molar refractivity (Wildman–Crippen MR) is 90.1 cm³/mol. The zero-order valence-corrected chi connectivity index (χ0v) is 13.5. The van der Waals surface area contributed by atoms with E-state index in [0.717, 1.165) is 11.1 Å². The van der Waals surface area contributed by atoms with E-state index in [2.05, 4.69) is 22.5 Å². The number of benzene rings is 1. The van der Waals surface area contributed by atoms with E-state index in [-0.39, 0.29) is 11.9 Å². The molecule has 116 valence electrons. The summed E-state index contributed by atoms with van der Waals surface area (Å²) >= 11 is 6.10. The minimum atomic E-state index is -0.0554.